The van der Waals surface area contributed by atoms with Crippen LogP contribution in [0.1, 0.15) is 38.9 Å². The fraction of sp³-hybridized carbons (Fsp3) is 0.227. The molecule has 0 radical (unpaired) electrons. The number of fused-ring (bicyclic) bond motifs is 2. The highest BCUT2D eigenvalue weighted by Gasteiger charge is 2.24. The number of carbonyl (C=O) groups excluding carboxylic acids is 2. The van der Waals surface area contributed by atoms with Crippen molar-refractivity contribution >= 4 is 28.3 Å². The third-order valence-corrected chi connectivity index (χ3v) is 4.99. The van der Waals surface area contributed by atoms with Crippen LogP contribution >= 0.6 is 0 Å². The first kappa shape index (κ1) is 17.4. The first-order chi connectivity index (χ1) is 13.0. The SMILES string of the molecule is CC(=O)c1cccc(NC(=O)c2c3c(nc4ccccc24)CCN(C)C3)c1. The van der Waals surface area contributed by atoms with Crippen molar-refractivity contribution in [2.45, 2.75) is 19.9 Å². The molecule has 0 saturated carbocycles. The van der Waals surface area contributed by atoms with Gasteiger partial charge in [0, 0.05) is 47.4 Å². The summed E-state index contributed by atoms with van der Waals surface area (Å²) >= 11 is 0. The van der Waals surface area contributed by atoms with Crippen molar-refractivity contribution < 1.29 is 9.59 Å². The van der Waals surface area contributed by atoms with E-state index < -0.39 is 0 Å². The molecule has 1 N–H and O–H groups in total. The number of nitrogens with one attached hydrogen (secondary N) is 1. The molecule has 1 amide bonds. The van der Waals surface area contributed by atoms with Crippen molar-refractivity contribution in [1.29, 1.82) is 0 Å². The lowest BCUT2D eigenvalue weighted by Gasteiger charge is -2.27. The molecule has 1 aromatic heterocycles. The topological polar surface area (TPSA) is 62.3 Å². The van der Waals surface area contributed by atoms with Crippen LogP contribution < -0.4 is 5.32 Å². The first-order valence-corrected chi connectivity index (χ1v) is 9.04. The van der Waals surface area contributed by atoms with Crippen LogP contribution in [0, 0.1) is 0 Å². The summed E-state index contributed by atoms with van der Waals surface area (Å²) in [4.78, 5) is 31.9. The fourth-order valence-electron chi connectivity index (χ4n) is 3.59. The number of anilines is 1. The van der Waals surface area contributed by atoms with Gasteiger partial charge in [0.25, 0.3) is 5.91 Å². The standard InChI is InChI=1S/C22H21N3O2/c1-14(26)15-6-5-7-16(12-15)23-22(27)21-17-8-3-4-9-19(17)24-20-10-11-25(2)13-18(20)21/h3-9,12H,10-11,13H2,1-2H3,(H,23,27). The zero-order chi connectivity index (χ0) is 19.0. The summed E-state index contributed by atoms with van der Waals surface area (Å²) in [5, 5.41) is 3.83. The summed E-state index contributed by atoms with van der Waals surface area (Å²) in [5.74, 6) is -0.194. The predicted octanol–water partition coefficient (Wildman–Crippen LogP) is 3.68. The van der Waals surface area contributed by atoms with Gasteiger partial charge in [0.1, 0.15) is 0 Å². The lowest BCUT2D eigenvalue weighted by atomic mass is 9.95. The number of likely N-dealkylation sites (N-methyl/N-ethyl adjacent to an activating group) is 1. The van der Waals surface area contributed by atoms with Crippen LogP contribution in [-0.4, -0.2) is 35.2 Å². The van der Waals surface area contributed by atoms with Gasteiger partial charge in [0.05, 0.1) is 11.1 Å². The summed E-state index contributed by atoms with van der Waals surface area (Å²) in [6, 6.07) is 14.8. The number of benzene rings is 2. The molecule has 0 saturated heterocycles. The highest BCUT2D eigenvalue weighted by atomic mass is 16.1. The van der Waals surface area contributed by atoms with E-state index in [2.05, 4.69) is 17.3 Å². The molecule has 0 bridgehead atoms. The van der Waals surface area contributed by atoms with Gasteiger partial charge in [0.2, 0.25) is 0 Å². The Morgan fingerprint density at radius 2 is 1.93 bits per heavy atom. The molecule has 5 nitrogen and oxygen atoms in total. The van der Waals surface area contributed by atoms with Gasteiger partial charge in [-0.25, -0.2) is 0 Å². The average Bonchev–Trinajstić information content (AvgIpc) is 2.66. The normalized spacial score (nSPS) is 14.0. The quantitative estimate of drug-likeness (QED) is 0.725. The molecule has 5 heteroatoms. The van der Waals surface area contributed by atoms with Crippen molar-refractivity contribution in [3.63, 3.8) is 0 Å². The van der Waals surface area contributed by atoms with Crippen molar-refractivity contribution in [3.8, 4) is 0 Å². The minimum Gasteiger partial charge on any atom is -0.322 e. The molecule has 0 atom stereocenters. The van der Waals surface area contributed by atoms with E-state index in [0.717, 1.165) is 35.1 Å². The molecule has 0 fully saturated rings. The Hall–Kier alpha value is -3.05. The molecule has 0 unspecified atom stereocenters. The van der Waals surface area contributed by atoms with Crippen LogP contribution in [0.2, 0.25) is 0 Å². The Morgan fingerprint density at radius 3 is 2.74 bits per heavy atom. The van der Waals surface area contributed by atoms with Gasteiger partial charge in [-0.15, -0.1) is 0 Å². The van der Waals surface area contributed by atoms with Crippen molar-refractivity contribution in [2.24, 2.45) is 0 Å². The number of hydrogen-bond acceptors (Lipinski definition) is 4. The van der Waals surface area contributed by atoms with Gasteiger partial charge in [0.15, 0.2) is 5.78 Å². The van der Waals surface area contributed by atoms with E-state index in [1.54, 1.807) is 24.3 Å². The zero-order valence-electron chi connectivity index (χ0n) is 15.5. The molecule has 0 spiro atoms. The van der Waals surface area contributed by atoms with E-state index in [-0.39, 0.29) is 11.7 Å². The number of rotatable bonds is 3. The van der Waals surface area contributed by atoms with E-state index >= 15 is 0 Å². The van der Waals surface area contributed by atoms with E-state index in [1.807, 2.05) is 24.3 Å². The molecule has 2 heterocycles. The first-order valence-electron chi connectivity index (χ1n) is 9.04. The molecular weight excluding hydrogens is 338 g/mol. The number of amides is 1. The lowest BCUT2D eigenvalue weighted by molar-refractivity contribution is 0.101. The Balaban J connectivity index is 1.80. The van der Waals surface area contributed by atoms with Crippen molar-refractivity contribution in [1.82, 2.24) is 9.88 Å². The van der Waals surface area contributed by atoms with Crippen molar-refractivity contribution in [2.75, 3.05) is 18.9 Å². The summed E-state index contributed by atoms with van der Waals surface area (Å²) in [5.41, 5.74) is 4.69. The number of pyridine rings is 1. The number of para-hydroxylation sites is 1. The number of nitrogens with zero attached hydrogens (tertiary/aromatic N) is 2. The minimum atomic E-state index is -0.166. The van der Waals surface area contributed by atoms with Crippen molar-refractivity contribution in [3.05, 3.63) is 70.9 Å². The number of ketones is 1. The molecule has 3 aromatic rings. The Labute approximate surface area is 158 Å². The van der Waals surface area contributed by atoms with Gasteiger partial charge in [-0.2, -0.15) is 0 Å². The third kappa shape index (κ3) is 3.34. The number of hydrogen-bond donors (Lipinski definition) is 1. The second-order valence-corrected chi connectivity index (χ2v) is 7.01. The summed E-state index contributed by atoms with van der Waals surface area (Å²) in [7, 11) is 2.05. The van der Waals surface area contributed by atoms with Crippen LogP contribution in [0.25, 0.3) is 10.9 Å². The molecule has 4 rings (SSSR count). The Kier molecular flexibility index (Phi) is 4.46. The summed E-state index contributed by atoms with van der Waals surface area (Å²) < 4.78 is 0. The summed E-state index contributed by atoms with van der Waals surface area (Å²) in [6.45, 7) is 3.15. The Morgan fingerprint density at radius 1 is 1.11 bits per heavy atom. The molecule has 27 heavy (non-hydrogen) atoms. The van der Waals surface area contributed by atoms with Crippen LogP contribution in [-0.2, 0) is 13.0 Å². The zero-order valence-corrected chi connectivity index (χ0v) is 15.5. The molecule has 136 valence electrons. The number of carbonyl (C=O) groups is 2. The van der Waals surface area contributed by atoms with Crippen LogP contribution in [0.15, 0.2) is 48.5 Å². The molecule has 0 aliphatic carbocycles. The molecular formula is C22H21N3O2. The van der Waals surface area contributed by atoms with Gasteiger partial charge in [-0.1, -0.05) is 30.3 Å². The minimum absolute atomic E-state index is 0.0283. The maximum atomic E-state index is 13.2. The van der Waals surface area contributed by atoms with Gasteiger partial charge >= 0.3 is 0 Å². The molecule has 2 aromatic carbocycles. The smallest absolute Gasteiger partial charge is 0.256 e. The lowest BCUT2D eigenvalue weighted by Crippen LogP contribution is -2.30. The van der Waals surface area contributed by atoms with Crippen LogP contribution in [0.4, 0.5) is 5.69 Å². The highest BCUT2D eigenvalue weighted by Crippen LogP contribution is 2.28. The van der Waals surface area contributed by atoms with E-state index in [1.165, 1.54) is 6.92 Å². The molecule has 1 aliphatic heterocycles. The van der Waals surface area contributed by atoms with E-state index in [0.29, 0.717) is 23.4 Å². The average molecular weight is 359 g/mol. The Bertz CT molecular complexity index is 1060. The third-order valence-electron chi connectivity index (χ3n) is 4.99. The van der Waals surface area contributed by atoms with Gasteiger partial charge < -0.3 is 10.2 Å². The van der Waals surface area contributed by atoms with Gasteiger partial charge in [-0.05, 0) is 32.2 Å². The van der Waals surface area contributed by atoms with Crippen LogP contribution in [0.5, 0.6) is 0 Å². The number of aromatic nitrogens is 1. The van der Waals surface area contributed by atoms with E-state index in [9.17, 15) is 9.59 Å². The highest BCUT2D eigenvalue weighted by molar-refractivity contribution is 6.14. The maximum absolute atomic E-state index is 13.2. The predicted molar refractivity (Wildman–Crippen MR) is 106 cm³/mol. The van der Waals surface area contributed by atoms with Crippen LogP contribution in [0.3, 0.4) is 0 Å². The number of Topliss-reactive ketones (excluding diaryl/α,β-unsaturated/α-hetero) is 1. The van der Waals surface area contributed by atoms with Gasteiger partial charge in [-0.3, -0.25) is 14.6 Å². The second-order valence-electron chi connectivity index (χ2n) is 7.01. The largest absolute Gasteiger partial charge is 0.322 e. The molecule has 1 aliphatic rings. The van der Waals surface area contributed by atoms with E-state index in [4.69, 9.17) is 4.98 Å². The fourth-order valence-corrected chi connectivity index (χ4v) is 3.59. The maximum Gasteiger partial charge on any atom is 0.256 e. The second kappa shape index (κ2) is 6.93. The summed E-state index contributed by atoms with van der Waals surface area (Å²) in [6.07, 6.45) is 0.830. The monoisotopic (exact) mass is 359 g/mol.